The second kappa shape index (κ2) is 8.61. The van der Waals surface area contributed by atoms with E-state index in [4.69, 9.17) is 9.84 Å². The van der Waals surface area contributed by atoms with Gasteiger partial charge in [-0.15, -0.1) is 10.2 Å². The first-order valence-corrected chi connectivity index (χ1v) is 10.8. The van der Waals surface area contributed by atoms with Crippen molar-refractivity contribution in [3.8, 4) is 17.1 Å². The highest BCUT2D eigenvalue weighted by Crippen LogP contribution is 2.32. The number of aryl methyl sites for hydroxylation is 1. The van der Waals surface area contributed by atoms with Crippen LogP contribution in [0.1, 0.15) is 17.0 Å². The number of sulfone groups is 1. The van der Waals surface area contributed by atoms with Crippen LogP contribution >= 0.6 is 0 Å². The van der Waals surface area contributed by atoms with Crippen LogP contribution in [-0.2, 0) is 33.6 Å². The van der Waals surface area contributed by atoms with Gasteiger partial charge in [0.25, 0.3) is 0 Å². The zero-order valence-electron chi connectivity index (χ0n) is 16.9. The summed E-state index contributed by atoms with van der Waals surface area (Å²) in [6.07, 6.45) is -4.53. The van der Waals surface area contributed by atoms with Crippen LogP contribution < -0.4 is 4.74 Å². The van der Waals surface area contributed by atoms with Crippen LogP contribution in [0.15, 0.2) is 47.4 Å². The van der Waals surface area contributed by atoms with E-state index in [1.165, 1.54) is 41.9 Å². The molecule has 0 bridgehead atoms. The second-order valence-corrected chi connectivity index (χ2v) is 8.94. The van der Waals surface area contributed by atoms with Crippen LogP contribution in [0, 0.1) is 6.92 Å². The zero-order chi connectivity index (χ0) is 23.7. The predicted octanol–water partition coefficient (Wildman–Crippen LogP) is 3.25. The molecule has 170 valence electrons. The van der Waals surface area contributed by atoms with Crippen LogP contribution in [0.3, 0.4) is 0 Å². The van der Waals surface area contributed by atoms with Gasteiger partial charge in [-0.2, -0.15) is 13.2 Å². The van der Waals surface area contributed by atoms with Gasteiger partial charge < -0.3 is 14.4 Å². The van der Waals surface area contributed by atoms with Gasteiger partial charge in [-0.1, -0.05) is 12.1 Å². The number of hydrogen-bond acceptors (Lipinski definition) is 6. The molecule has 8 nitrogen and oxygen atoms in total. The molecule has 32 heavy (non-hydrogen) atoms. The van der Waals surface area contributed by atoms with Gasteiger partial charge in [-0.05, 0) is 42.8 Å². The van der Waals surface area contributed by atoms with E-state index in [-0.39, 0.29) is 27.9 Å². The van der Waals surface area contributed by atoms with E-state index >= 15 is 0 Å². The van der Waals surface area contributed by atoms with Crippen molar-refractivity contribution in [3.05, 3.63) is 59.4 Å². The van der Waals surface area contributed by atoms with Crippen molar-refractivity contribution >= 4 is 15.8 Å². The molecule has 2 aromatic carbocycles. The maximum absolute atomic E-state index is 13.0. The Morgan fingerprint density at radius 1 is 1.16 bits per heavy atom. The van der Waals surface area contributed by atoms with Crippen LogP contribution in [0.2, 0.25) is 0 Å². The first-order chi connectivity index (χ1) is 14.9. The summed E-state index contributed by atoms with van der Waals surface area (Å²) in [5, 5.41) is 16.4. The quantitative estimate of drug-likeness (QED) is 0.565. The van der Waals surface area contributed by atoms with Crippen LogP contribution in [0.5, 0.6) is 5.75 Å². The molecule has 0 unspecified atom stereocenters. The molecule has 1 aromatic heterocycles. The molecule has 1 heterocycles. The third-order valence-corrected chi connectivity index (χ3v) is 6.20. The number of carboxylic acids is 1. The first-order valence-electron chi connectivity index (χ1n) is 9.12. The summed E-state index contributed by atoms with van der Waals surface area (Å²) in [7, 11) is -2.42. The van der Waals surface area contributed by atoms with E-state index in [0.717, 1.165) is 12.1 Å². The number of rotatable bonds is 7. The Morgan fingerprint density at radius 3 is 2.50 bits per heavy atom. The summed E-state index contributed by atoms with van der Waals surface area (Å²) in [6.45, 7) is 1.01. The highest BCUT2D eigenvalue weighted by Gasteiger charge is 2.31. The summed E-state index contributed by atoms with van der Waals surface area (Å²) in [5.41, 5.74) is -0.281. The van der Waals surface area contributed by atoms with E-state index in [1.807, 2.05) is 0 Å². The number of alkyl halides is 3. The molecule has 3 rings (SSSR count). The van der Waals surface area contributed by atoms with E-state index in [2.05, 4.69) is 10.2 Å². The number of hydrogen-bond donors (Lipinski definition) is 1. The topological polar surface area (TPSA) is 111 Å². The van der Waals surface area contributed by atoms with Crippen molar-refractivity contribution in [2.75, 3.05) is 6.61 Å². The largest absolute Gasteiger partial charge is 0.482 e. The van der Waals surface area contributed by atoms with E-state index in [9.17, 15) is 26.4 Å². The van der Waals surface area contributed by atoms with Crippen LogP contribution in [0.4, 0.5) is 13.2 Å². The fraction of sp³-hybridized carbons (Fsp3) is 0.250. The predicted molar refractivity (Wildman–Crippen MR) is 107 cm³/mol. The summed E-state index contributed by atoms with van der Waals surface area (Å²) in [6, 6.07) is 8.49. The smallest absolute Gasteiger partial charge is 0.416 e. The average Bonchev–Trinajstić information content (AvgIpc) is 3.06. The lowest BCUT2D eigenvalue weighted by Crippen LogP contribution is -2.12. The van der Waals surface area contributed by atoms with Gasteiger partial charge in [0.1, 0.15) is 17.3 Å². The number of halogens is 3. The van der Waals surface area contributed by atoms with Crippen LogP contribution in [-0.4, -0.2) is 40.9 Å². The number of nitrogens with zero attached hydrogens (tertiary/aromatic N) is 3. The number of carbonyl (C=O) groups is 1. The Kier molecular flexibility index (Phi) is 6.26. The third kappa shape index (κ3) is 5.07. The maximum atomic E-state index is 13.0. The van der Waals surface area contributed by atoms with Crippen molar-refractivity contribution in [2.24, 2.45) is 7.05 Å². The van der Waals surface area contributed by atoms with Gasteiger partial charge in [0.05, 0.1) is 10.5 Å². The maximum Gasteiger partial charge on any atom is 0.416 e. The lowest BCUT2D eigenvalue weighted by Gasteiger charge is -2.10. The van der Waals surface area contributed by atoms with Gasteiger partial charge in [-0.25, -0.2) is 13.2 Å². The molecule has 0 fully saturated rings. The minimum Gasteiger partial charge on any atom is -0.482 e. The Balaban J connectivity index is 1.86. The molecule has 0 saturated heterocycles. The van der Waals surface area contributed by atoms with Gasteiger partial charge >= 0.3 is 12.1 Å². The Hall–Kier alpha value is -3.41. The lowest BCUT2D eigenvalue weighted by atomic mass is 10.1. The highest BCUT2D eigenvalue weighted by atomic mass is 32.2. The van der Waals surface area contributed by atoms with E-state index in [1.54, 1.807) is 6.92 Å². The second-order valence-electron chi connectivity index (χ2n) is 6.95. The highest BCUT2D eigenvalue weighted by molar-refractivity contribution is 7.90. The number of ether oxygens (including phenoxy) is 1. The molecular weight excluding hydrogens is 451 g/mol. The summed E-state index contributed by atoms with van der Waals surface area (Å²) < 4.78 is 71.1. The van der Waals surface area contributed by atoms with Crippen LogP contribution in [0.25, 0.3) is 11.4 Å². The fourth-order valence-corrected chi connectivity index (χ4v) is 4.33. The molecule has 0 aliphatic heterocycles. The Morgan fingerprint density at radius 2 is 1.88 bits per heavy atom. The molecule has 0 aliphatic rings. The lowest BCUT2D eigenvalue weighted by molar-refractivity contribution is -0.139. The molecule has 3 aromatic rings. The Labute approximate surface area is 181 Å². The molecule has 0 atom stereocenters. The van der Waals surface area contributed by atoms with Gasteiger partial charge in [-0.3, -0.25) is 0 Å². The van der Waals surface area contributed by atoms with Gasteiger partial charge in [0, 0.05) is 12.6 Å². The number of aliphatic carboxylic acids is 1. The number of carboxylic acid groups (broad SMARTS) is 1. The summed E-state index contributed by atoms with van der Waals surface area (Å²) in [4.78, 5) is 10.6. The molecule has 0 aliphatic carbocycles. The standard InChI is InChI=1S/C20H18F3N3O5S/c1-12-8-15(6-7-16(12)31-10-18(27)28)32(29,30)11-17-24-25-19(26(17)2)13-4-3-5-14(9-13)20(21,22)23/h3-9H,10-11H2,1-2H3,(H,27,28). The minimum atomic E-state index is -4.53. The van der Waals surface area contributed by atoms with E-state index < -0.39 is 39.9 Å². The van der Waals surface area contributed by atoms with Gasteiger partial charge in [0.15, 0.2) is 22.3 Å². The van der Waals surface area contributed by atoms with Crippen molar-refractivity contribution in [1.82, 2.24) is 14.8 Å². The SMILES string of the molecule is Cc1cc(S(=O)(=O)Cc2nnc(-c3cccc(C(F)(F)F)c3)n2C)ccc1OCC(=O)O. The summed E-state index contributed by atoms with van der Waals surface area (Å²) in [5.74, 6) is -1.34. The minimum absolute atomic E-state index is 0.0405. The average molecular weight is 469 g/mol. The third-order valence-electron chi connectivity index (χ3n) is 4.59. The first kappa shape index (κ1) is 23.3. The molecule has 0 radical (unpaired) electrons. The van der Waals surface area contributed by atoms with Gasteiger partial charge in [0.2, 0.25) is 0 Å². The van der Waals surface area contributed by atoms with E-state index in [0.29, 0.717) is 5.56 Å². The van der Waals surface area contributed by atoms with Crippen molar-refractivity contribution in [2.45, 2.75) is 23.7 Å². The summed E-state index contributed by atoms with van der Waals surface area (Å²) >= 11 is 0. The van der Waals surface area contributed by atoms with Crippen molar-refractivity contribution in [1.29, 1.82) is 0 Å². The number of aromatic nitrogens is 3. The monoisotopic (exact) mass is 469 g/mol. The van der Waals surface area contributed by atoms with Crippen molar-refractivity contribution < 1.29 is 36.2 Å². The number of benzene rings is 2. The van der Waals surface area contributed by atoms with Crippen molar-refractivity contribution in [3.63, 3.8) is 0 Å². The Bertz CT molecular complexity index is 1270. The molecule has 0 spiro atoms. The molecule has 1 N–H and O–H groups in total. The molecular formula is C20H18F3N3O5S. The zero-order valence-corrected chi connectivity index (χ0v) is 17.7. The fourth-order valence-electron chi connectivity index (χ4n) is 2.94. The molecule has 12 heteroatoms. The normalized spacial score (nSPS) is 12.0. The molecule has 0 saturated carbocycles. The molecule has 0 amide bonds.